The lowest BCUT2D eigenvalue weighted by Crippen LogP contribution is -2.37. The van der Waals surface area contributed by atoms with Crippen molar-refractivity contribution in [1.82, 2.24) is 10.3 Å². The smallest absolute Gasteiger partial charge is 0.298 e. The molecule has 0 unspecified atom stereocenters. The van der Waals surface area contributed by atoms with Gasteiger partial charge in [0.1, 0.15) is 5.52 Å². The van der Waals surface area contributed by atoms with Crippen LogP contribution in [0.4, 0.5) is 6.01 Å². The van der Waals surface area contributed by atoms with Crippen molar-refractivity contribution < 1.29 is 4.42 Å². The first-order chi connectivity index (χ1) is 9.86. The van der Waals surface area contributed by atoms with Crippen molar-refractivity contribution in [3.05, 3.63) is 24.3 Å². The molecule has 0 aliphatic carbocycles. The summed E-state index contributed by atoms with van der Waals surface area (Å²) < 4.78 is 5.84. The molecule has 0 saturated carbocycles. The molecule has 2 heterocycles. The minimum Gasteiger partial charge on any atom is -0.423 e. The maximum absolute atomic E-state index is 5.84. The minimum atomic E-state index is 0.783. The molecule has 0 spiro atoms. The van der Waals surface area contributed by atoms with E-state index in [-0.39, 0.29) is 0 Å². The SMILES string of the molecule is CCCNCC1CCN(c2nc3ccccc3o2)CC1. The van der Waals surface area contributed by atoms with E-state index in [4.69, 9.17) is 4.42 Å². The molecule has 0 atom stereocenters. The van der Waals surface area contributed by atoms with Gasteiger partial charge in [-0.1, -0.05) is 19.1 Å². The number of piperidine rings is 1. The van der Waals surface area contributed by atoms with Crippen molar-refractivity contribution in [2.75, 3.05) is 31.1 Å². The molecule has 2 aromatic rings. The lowest BCUT2D eigenvalue weighted by Gasteiger charge is -2.30. The highest BCUT2D eigenvalue weighted by atomic mass is 16.4. The number of hydrogen-bond acceptors (Lipinski definition) is 4. The summed E-state index contributed by atoms with van der Waals surface area (Å²) >= 11 is 0. The third-order valence-electron chi connectivity index (χ3n) is 4.03. The van der Waals surface area contributed by atoms with E-state index in [0.29, 0.717) is 0 Å². The maximum atomic E-state index is 5.84. The summed E-state index contributed by atoms with van der Waals surface area (Å²) in [6, 6.07) is 8.76. The highest BCUT2D eigenvalue weighted by molar-refractivity contribution is 5.74. The van der Waals surface area contributed by atoms with Crippen LogP contribution in [0.15, 0.2) is 28.7 Å². The van der Waals surface area contributed by atoms with Gasteiger partial charge in [-0.3, -0.25) is 0 Å². The molecule has 1 aromatic carbocycles. The van der Waals surface area contributed by atoms with Crippen LogP contribution in [0.3, 0.4) is 0 Å². The quantitative estimate of drug-likeness (QED) is 0.850. The monoisotopic (exact) mass is 273 g/mol. The Morgan fingerprint density at radius 1 is 1.30 bits per heavy atom. The van der Waals surface area contributed by atoms with Crippen molar-refractivity contribution in [2.45, 2.75) is 26.2 Å². The molecule has 3 rings (SSSR count). The second-order valence-electron chi connectivity index (χ2n) is 5.60. The van der Waals surface area contributed by atoms with Crippen molar-refractivity contribution >= 4 is 17.1 Å². The molecule has 0 radical (unpaired) electrons. The van der Waals surface area contributed by atoms with Gasteiger partial charge in [-0.05, 0) is 50.4 Å². The molecular formula is C16H23N3O. The van der Waals surface area contributed by atoms with Crippen LogP contribution in [-0.4, -0.2) is 31.2 Å². The molecule has 4 heteroatoms. The predicted octanol–water partition coefficient (Wildman–Crippen LogP) is 3.04. The van der Waals surface area contributed by atoms with Crippen molar-refractivity contribution in [3.63, 3.8) is 0 Å². The first kappa shape index (κ1) is 13.4. The van der Waals surface area contributed by atoms with E-state index >= 15 is 0 Å². The highest BCUT2D eigenvalue weighted by Gasteiger charge is 2.22. The molecule has 1 aliphatic heterocycles. The number of hydrogen-bond donors (Lipinski definition) is 1. The van der Waals surface area contributed by atoms with E-state index in [9.17, 15) is 0 Å². The van der Waals surface area contributed by atoms with E-state index < -0.39 is 0 Å². The summed E-state index contributed by atoms with van der Waals surface area (Å²) in [6.45, 7) is 6.58. The average molecular weight is 273 g/mol. The van der Waals surface area contributed by atoms with Crippen LogP contribution in [0.25, 0.3) is 11.1 Å². The Kier molecular flexibility index (Phi) is 4.21. The van der Waals surface area contributed by atoms with Gasteiger partial charge >= 0.3 is 0 Å². The molecule has 1 aromatic heterocycles. The third-order valence-corrected chi connectivity index (χ3v) is 4.03. The number of benzene rings is 1. The van der Waals surface area contributed by atoms with Gasteiger partial charge in [0, 0.05) is 13.1 Å². The Balaban J connectivity index is 1.57. The standard InChI is InChI=1S/C16H23N3O/c1-2-9-17-12-13-7-10-19(11-8-13)16-18-14-5-3-4-6-15(14)20-16/h3-6,13,17H,2,7-12H2,1H3. The normalized spacial score (nSPS) is 16.9. The van der Waals surface area contributed by atoms with E-state index in [2.05, 4.69) is 22.1 Å². The van der Waals surface area contributed by atoms with Crippen LogP contribution < -0.4 is 10.2 Å². The number of nitrogens with one attached hydrogen (secondary N) is 1. The van der Waals surface area contributed by atoms with Crippen LogP contribution in [0.2, 0.25) is 0 Å². The zero-order valence-corrected chi connectivity index (χ0v) is 12.1. The van der Waals surface area contributed by atoms with Crippen molar-refractivity contribution in [1.29, 1.82) is 0 Å². The Morgan fingerprint density at radius 3 is 2.85 bits per heavy atom. The average Bonchev–Trinajstić information content (AvgIpc) is 2.92. The Bertz CT molecular complexity index is 510. The number of rotatable bonds is 5. The van der Waals surface area contributed by atoms with Gasteiger partial charge < -0.3 is 14.6 Å². The Morgan fingerprint density at radius 2 is 2.10 bits per heavy atom. The first-order valence-electron chi connectivity index (χ1n) is 7.68. The summed E-state index contributed by atoms with van der Waals surface area (Å²) in [6.07, 6.45) is 3.65. The number of anilines is 1. The summed E-state index contributed by atoms with van der Waals surface area (Å²) in [5.74, 6) is 0.794. The molecule has 0 amide bonds. The Hall–Kier alpha value is -1.55. The molecular weight excluding hydrogens is 250 g/mol. The third kappa shape index (κ3) is 2.96. The maximum Gasteiger partial charge on any atom is 0.298 e. The summed E-state index contributed by atoms with van der Waals surface area (Å²) in [4.78, 5) is 6.85. The van der Waals surface area contributed by atoms with Gasteiger partial charge in [0.25, 0.3) is 6.01 Å². The Labute approximate surface area is 120 Å². The molecule has 1 fully saturated rings. The zero-order chi connectivity index (χ0) is 13.8. The van der Waals surface area contributed by atoms with Gasteiger partial charge in [-0.25, -0.2) is 0 Å². The number of para-hydroxylation sites is 2. The molecule has 1 N–H and O–H groups in total. The van der Waals surface area contributed by atoms with Gasteiger partial charge in [-0.2, -0.15) is 4.98 Å². The fourth-order valence-corrected chi connectivity index (χ4v) is 2.81. The lowest BCUT2D eigenvalue weighted by atomic mass is 9.97. The van der Waals surface area contributed by atoms with E-state index in [0.717, 1.165) is 49.2 Å². The van der Waals surface area contributed by atoms with Gasteiger partial charge in [-0.15, -0.1) is 0 Å². The fraction of sp³-hybridized carbons (Fsp3) is 0.562. The molecule has 108 valence electrons. The molecule has 4 nitrogen and oxygen atoms in total. The zero-order valence-electron chi connectivity index (χ0n) is 12.1. The number of oxazole rings is 1. The molecule has 0 bridgehead atoms. The second kappa shape index (κ2) is 6.27. The molecule has 20 heavy (non-hydrogen) atoms. The van der Waals surface area contributed by atoms with E-state index in [1.54, 1.807) is 0 Å². The number of fused-ring (bicyclic) bond motifs is 1. The topological polar surface area (TPSA) is 41.3 Å². The van der Waals surface area contributed by atoms with Crippen LogP contribution in [-0.2, 0) is 0 Å². The summed E-state index contributed by atoms with van der Waals surface area (Å²) in [7, 11) is 0. The highest BCUT2D eigenvalue weighted by Crippen LogP contribution is 2.25. The van der Waals surface area contributed by atoms with E-state index in [1.807, 2.05) is 24.3 Å². The van der Waals surface area contributed by atoms with Crippen LogP contribution >= 0.6 is 0 Å². The summed E-state index contributed by atoms with van der Waals surface area (Å²) in [5.41, 5.74) is 1.84. The van der Waals surface area contributed by atoms with Crippen molar-refractivity contribution in [2.24, 2.45) is 5.92 Å². The van der Waals surface area contributed by atoms with Crippen LogP contribution in [0.5, 0.6) is 0 Å². The first-order valence-corrected chi connectivity index (χ1v) is 7.68. The van der Waals surface area contributed by atoms with Gasteiger partial charge in [0.2, 0.25) is 0 Å². The lowest BCUT2D eigenvalue weighted by molar-refractivity contribution is 0.372. The van der Waals surface area contributed by atoms with Crippen LogP contribution in [0.1, 0.15) is 26.2 Å². The van der Waals surface area contributed by atoms with Gasteiger partial charge in [0.05, 0.1) is 0 Å². The van der Waals surface area contributed by atoms with Gasteiger partial charge in [0.15, 0.2) is 5.58 Å². The number of aromatic nitrogens is 1. The molecule has 1 aliphatic rings. The van der Waals surface area contributed by atoms with Crippen LogP contribution in [0, 0.1) is 5.92 Å². The second-order valence-corrected chi connectivity index (χ2v) is 5.60. The van der Waals surface area contributed by atoms with E-state index in [1.165, 1.54) is 19.3 Å². The fourth-order valence-electron chi connectivity index (χ4n) is 2.81. The predicted molar refractivity (Wildman–Crippen MR) is 82.1 cm³/mol. The molecule has 1 saturated heterocycles. The summed E-state index contributed by atoms with van der Waals surface area (Å²) in [5, 5.41) is 3.52. The number of nitrogens with zero attached hydrogens (tertiary/aromatic N) is 2. The largest absolute Gasteiger partial charge is 0.423 e. The minimum absolute atomic E-state index is 0.783. The van der Waals surface area contributed by atoms with Crippen molar-refractivity contribution in [3.8, 4) is 0 Å².